The lowest BCUT2D eigenvalue weighted by Gasteiger charge is -2.37. The van der Waals surface area contributed by atoms with Crippen molar-refractivity contribution < 1.29 is 16.8 Å². The summed E-state index contributed by atoms with van der Waals surface area (Å²) in [5.74, 6) is 0.0328. The van der Waals surface area contributed by atoms with E-state index in [2.05, 4.69) is 0 Å². The third kappa shape index (κ3) is 3.31. The maximum atomic E-state index is 12.6. The average molecular weight is 311 g/mol. The highest BCUT2D eigenvalue weighted by Crippen LogP contribution is 2.33. The van der Waals surface area contributed by atoms with Crippen molar-refractivity contribution in [2.45, 2.75) is 50.5 Å². The van der Waals surface area contributed by atoms with E-state index in [-0.39, 0.29) is 5.92 Å². The fourth-order valence-electron chi connectivity index (χ4n) is 2.23. The molecule has 0 N–H and O–H groups in total. The highest BCUT2D eigenvalue weighted by atomic mass is 32.2. The Labute approximate surface area is 117 Å². The highest BCUT2D eigenvalue weighted by molar-refractivity contribution is 7.93. The molecular weight excluding hydrogens is 286 g/mol. The third-order valence-electron chi connectivity index (χ3n) is 4.43. The SMILES string of the molecule is CC(C)C(C)(C)S(=O)(=O)C1CCN(S(C)(=O)=O)CC1. The molecule has 0 aromatic rings. The molecule has 1 aliphatic heterocycles. The van der Waals surface area contributed by atoms with E-state index >= 15 is 0 Å². The van der Waals surface area contributed by atoms with Crippen LogP contribution in [0.2, 0.25) is 0 Å². The van der Waals surface area contributed by atoms with E-state index in [9.17, 15) is 16.8 Å². The van der Waals surface area contributed by atoms with Gasteiger partial charge in [-0.15, -0.1) is 0 Å². The van der Waals surface area contributed by atoms with E-state index in [1.807, 2.05) is 13.8 Å². The van der Waals surface area contributed by atoms with E-state index < -0.39 is 29.9 Å². The summed E-state index contributed by atoms with van der Waals surface area (Å²) in [4.78, 5) is 0. The van der Waals surface area contributed by atoms with Crippen molar-refractivity contribution in [3.63, 3.8) is 0 Å². The van der Waals surface area contributed by atoms with Crippen LogP contribution in [-0.4, -0.2) is 50.5 Å². The minimum absolute atomic E-state index is 0.0328. The van der Waals surface area contributed by atoms with E-state index in [1.165, 1.54) is 10.6 Å². The molecule has 0 atom stereocenters. The van der Waals surface area contributed by atoms with Gasteiger partial charge in [-0.25, -0.2) is 21.1 Å². The van der Waals surface area contributed by atoms with Gasteiger partial charge in [0.1, 0.15) is 0 Å². The van der Waals surface area contributed by atoms with Crippen molar-refractivity contribution in [3.05, 3.63) is 0 Å². The van der Waals surface area contributed by atoms with Gasteiger partial charge in [-0.1, -0.05) is 13.8 Å². The lowest BCUT2D eigenvalue weighted by atomic mass is 10.00. The van der Waals surface area contributed by atoms with Gasteiger partial charge in [-0.05, 0) is 32.6 Å². The Morgan fingerprint density at radius 3 is 1.79 bits per heavy atom. The molecule has 0 amide bonds. The molecule has 0 bridgehead atoms. The summed E-state index contributed by atoms with van der Waals surface area (Å²) in [6.07, 6.45) is 1.96. The summed E-state index contributed by atoms with van der Waals surface area (Å²) in [6.45, 7) is 7.94. The van der Waals surface area contributed by atoms with Crippen LogP contribution in [0.15, 0.2) is 0 Å². The molecule has 0 aromatic heterocycles. The summed E-state index contributed by atoms with van der Waals surface area (Å²) in [5.41, 5.74) is 0. The number of hydrogen-bond acceptors (Lipinski definition) is 4. The maximum absolute atomic E-state index is 12.6. The second kappa shape index (κ2) is 5.33. The van der Waals surface area contributed by atoms with Crippen molar-refractivity contribution in [1.82, 2.24) is 4.31 Å². The van der Waals surface area contributed by atoms with Gasteiger partial charge in [0.15, 0.2) is 9.84 Å². The van der Waals surface area contributed by atoms with E-state index in [0.29, 0.717) is 25.9 Å². The monoisotopic (exact) mass is 311 g/mol. The Morgan fingerprint density at radius 2 is 1.47 bits per heavy atom. The van der Waals surface area contributed by atoms with E-state index in [0.717, 1.165) is 0 Å². The Balaban J connectivity index is 2.87. The molecule has 0 unspecified atom stereocenters. The number of sulfonamides is 1. The van der Waals surface area contributed by atoms with Gasteiger partial charge < -0.3 is 0 Å². The smallest absolute Gasteiger partial charge is 0.211 e. The zero-order valence-corrected chi connectivity index (χ0v) is 14.0. The van der Waals surface area contributed by atoms with Gasteiger partial charge >= 0.3 is 0 Å². The van der Waals surface area contributed by atoms with Crippen LogP contribution in [0.5, 0.6) is 0 Å². The summed E-state index contributed by atoms with van der Waals surface area (Å²) < 4.78 is 48.7. The number of piperidine rings is 1. The zero-order valence-electron chi connectivity index (χ0n) is 12.4. The molecule has 0 aliphatic carbocycles. The Hall–Kier alpha value is -0.140. The van der Waals surface area contributed by atoms with Gasteiger partial charge in [-0.3, -0.25) is 0 Å². The van der Waals surface area contributed by atoms with Crippen molar-refractivity contribution in [2.75, 3.05) is 19.3 Å². The predicted molar refractivity (Wildman–Crippen MR) is 77.3 cm³/mol. The molecule has 7 heteroatoms. The summed E-state index contributed by atoms with van der Waals surface area (Å²) in [7, 11) is -6.46. The molecule has 0 radical (unpaired) electrons. The largest absolute Gasteiger partial charge is 0.228 e. The van der Waals surface area contributed by atoms with Crippen LogP contribution in [0, 0.1) is 5.92 Å². The number of hydrogen-bond donors (Lipinski definition) is 0. The van der Waals surface area contributed by atoms with Gasteiger partial charge in [0.05, 0.1) is 16.3 Å². The molecule has 1 rings (SSSR count). The summed E-state index contributed by atoms with van der Waals surface area (Å²) >= 11 is 0. The van der Waals surface area contributed by atoms with Crippen LogP contribution >= 0.6 is 0 Å². The molecule has 0 aromatic carbocycles. The van der Waals surface area contributed by atoms with Gasteiger partial charge in [0.25, 0.3) is 0 Å². The minimum atomic E-state index is -3.25. The lowest BCUT2D eigenvalue weighted by Crippen LogP contribution is -2.49. The fourth-order valence-corrected chi connectivity index (χ4v) is 5.45. The van der Waals surface area contributed by atoms with E-state index in [1.54, 1.807) is 13.8 Å². The van der Waals surface area contributed by atoms with Crippen molar-refractivity contribution in [3.8, 4) is 0 Å². The normalized spacial score (nSPS) is 20.9. The number of rotatable bonds is 4. The predicted octanol–water partition coefficient (Wildman–Crippen LogP) is 1.26. The second-order valence-corrected chi connectivity index (χ2v) is 11.0. The number of nitrogens with zero attached hydrogens (tertiary/aromatic N) is 1. The minimum Gasteiger partial charge on any atom is -0.228 e. The first-order chi connectivity index (χ1) is 8.40. The Kier molecular flexibility index (Phi) is 4.75. The Bertz CT molecular complexity index is 512. The topological polar surface area (TPSA) is 71.5 Å². The van der Waals surface area contributed by atoms with Crippen molar-refractivity contribution in [1.29, 1.82) is 0 Å². The second-order valence-electron chi connectivity index (χ2n) is 6.16. The van der Waals surface area contributed by atoms with Gasteiger partial charge in [0, 0.05) is 13.1 Å². The summed E-state index contributed by atoms with van der Waals surface area (Å²) in [5, 5.41) is -0.428. The quantitative estimate of drug-likeness (QED) is 0.783. The molecule has 1 heterocycles. The Morgan fingerprint density at radius 1 is 1.05 bits per heavy atom. The van der Waals surface area contributed by atoms with Crippen LogP contribution < -0.4 is 0 Å². The molecule has 1 aliphatic rings. The first-order valence-corrected chi connectivity index (χ1v) is 9.98. The summed E-state index contributed by atoms with van der Waals surface area (Å²) in [6, 6.07) is 0. The average Bonchev–Trinajstić information content (AvgIpc) is 2.27. The molecule has 1 saturated heterocycles. The van der Waals surface area contributed by atoms with Crippen LogP contribution in [0.3, 0.4) is 0 Å². The molecule has 0 saturated carbocycles. The lowest BCUT2D eigenvalue weighted by molar-refractivity contribution is 0.341. The zero-order chi connectivity index (χ0) is 15.1. The molecule has 19 heavy (non-hydrogen) atoms. The molecule has 1 fully saturated rings. The fraction of sp³-hybridized carbons (Fsp3) is 1.00. The van der Waals surface area contributed by atoms with Gasteiger partial charge in [-0.2, -0.15) is 0 Å². The highest BCUT2D eigenvalue weighted by Gasteiger charge is 2.44. The first kappa shape index (κ1) is 16.9. The van der Waals surface area contributed by atoms with Gasteiger partial charge in [0.2, 0.25) is 10.0 Å². The van der Waals surface area contributed by atoms with Crippen LogP contribution in [0.1, 0.15) is 40.5 Å². The van der Waals surface area contributed by atoms with Crippen LogP contribution in [-0.2, 0) is 19.9 Å². The van der Waals surface area contributed by atoms with Crippen molar-refractivity contribution in [2.24, 2.45) is 5.92 Å². The number of sulfone groups is 1. The van der Waals surface area contributed by atoms with E-state index in [4.69, 9.17) is 0 Å². The molecular formula is C12H25NO4S2. The van der Waals surface area contributed by atoms with Crippen LogP contribution in [0.25, 0.3) is 0 Å². The maximum Gasteiger partial charge on any atom is 0.211 e. The molecule has 5 nitrogen and oxygen atoms in total. The molecule has 114 valence electrons. The standard InChI is InChI=1S/C12H25NO4S2/c1-10(2)12(3,4)19(16,17)11-6-8-13(9-7-11)18(5,14)15/h10-11H,6-9H2,1-5H3. The van der Waals surface area contributed by atoms with Crippen molar-refractivity contribution >= 4 is 19.9 Å². The molecule has 0 spiro atoms. The van der Waals surface area contributed by atoms with Crippen LogP contribution in [0.4, 0.5) is 0 Å². The first-order valence-electron chi connectivity index (χ1n) is 6.59. The third-order valence-corrected chi connectivity index (χ3v) is 9.02.